The maximum Gasteiger partial charge on any atom is 0.390 e. The molecular formula is C9H12BrF3N4O2S. The van der Waals surface area contributed by atoms with Gasteiger partial charge < -0.3 is 5.43 Å². The Kier molecular flexibility index (Phi) is 5.35. The molecule has 1 rings (SSSR count). The topological polar surface area (TPSA) is 88.3 Å². The van der Waals surface area contributed by atoms with Crippen molar-refractivity contribution in [3.8, 4) is 0 Å². The molecule has 0 saturated carbocycles. The number of aromatic nitrogens is 1. The van der Waals surface area contributed by atoms with Crippen LogP contribution in [0.2, 0.25) is 0 Å². The molecule has 0 aliphatic heterocycles. The van der Waals surface area contributed by atoms with Crippen LogP contribution in [0, 0.1) is 0 Å². The Morgan fingerprint density at radius 2 is 2.10 bits per heavy atom. The third-order valence-electron chi connectivity index (χ3n) is 2.35. The number of anilines is 1. The molecule has 0 atom stereocenters. The number of nitrogens with one attached hydrogen (secondary N) is 1. The van der Waals surface area contributed by atoms with E-state index in [1.54, 1.807) is 0 Å². The summed E-state index contributed by atoms with van der Waals surface area (Å²) in [6.45, 7) is -0.692. The van der Waals surface area contributed by atoms with Gasteiger partial charge in [-0.1, -0.05) is 0 Å². The standard InChI is InChI=1S/C9H12BrF3N4O2S/c1-17(3-2-9(11,12)13)20(18,19)7-4-6(10)5-15-8(7)16-14/h4-5H,2-3,14H2,1H3,(H,15,16). The summed E-state index contributed by atoms with van der Waals surface area (Å²) < 4.78 is 61.8. The van der Waals surface area contributed by atoms with Crippen LogP contribution in [-0.4, -0.2) is 37.5 Å². The maximum atomic E-state index is 12.2. The molecule has 0 unspecified atom stereocenters. The second-order valence-corrected chi connectivity index (χ2v) is 6.77. The molecule has 0 aromatic carbocycles. The zero-order valence-electron chi connectivity index (χ0n) is 10.3. The monoisotopic (exact) mass is 376 g/mol. The second-order valence-electron chi connectivity index (χ2n) is 3.84. The van der Waals surface area contributed by atoms with Crippen molar-refractivity contribution in [3.05, 3.63) is 16.7 Å². The number of alkyl halides is 3. The summed E-state index contributed by atoms with van der Waals surface area (Å²) in [5, 5.41) is 0. The SMILES string of the molecule is CN(CCC(F)(F)F)S(=O)(=O)c1cc(Br)cnc1NN. The number of nitrogens with zero attached hydrogens (tertiary/aromatic N) is 2. The molecule has 0 aliphatic rings. The Hall–Kier alpha value is -0.910. The van der Waals surface area contributed by atoms with Crippen LogP contribution in [0.4, 0.5) is 19.0 Å². The van der Waals surface area contributed by atoms with E-state index in [9.17, 15) is 21.6 Å². The lowest BCUT2D eigenvalue weighted by atomic mass is 10.4. The first kappa shape index (κ1) is 17.1. The van der Waals surface area contributed by atoms with E-state index in [0.29, 0.717) is 8.78 Å². The first-order chi connectivity index (χ1) is 9.08. The molecule has 114 valence electrons. The molecule has 0 amide bonds. The number of halogens is 4. The van der Waals surface area contributed by atoms with Crippen LogP contribution < -0.4 is 11.3 Å². The molecule has 0 aliphatic carbocycles. The van der Waals surface area contributed by atoms with Gasteiger partial charge in [0.15, 0.2) is 5.82 Å². The smallest absolute Gasteiger partial charge is 0.307 e. The zero-order chi connectivity index (χ0) is 15.6. The van der Waals surface area contributed by atoms with Gasteiger partial charge in [-0.3, -0.25) is 0 Å². The van der Waals surface area contributed by atoms with Crippen LogP contribution in [0.25, 0.3) is 0 Å². The third kappa shape index (κ3) is 4.30. The first-order valence-electron chi connectivity index (χ1n) is 5.23. The Labute approximate surface area is 122 Å². The van der Waals surface area contributed by atoms with Crippen molar-refractivity contribution in [2.75, 3.05) is 19.0 Å². The van der Waals surface area contributed by atoms with Gasteiger partial charge in [-0.2, -0.15) is 13.2 Å². The number of hydrazine groups is 1. The normalized spacial score (nSPS) is 12.8. The van der Waals surface area contributed by atoms with Gasteiger partial charge in [-0.05, 0) is 22.0 Å². The van der Waals surface area contributed by atoms with Crippen LogP contribution in [0.1, 0.15) is 6.42 Å². The summed E-state index contributed by atoms with van der Waals surface area (Å²) >= 11 is 3.04. The van der Waals surface area contributed by atoms with E-state index in [2.05, 4.69) is 26.3 Å². The highest BCUT2D eigenvalue weighted by Crippen LogP contribution is 2.26. The van der Waals surface area contributed by atoms with Crippen molar-refractivity contribution in [1.82, 2.24) is 9.29 Å². The average molecular weight is 377 g/mol. The van der Waals surface area contributed by atoms with Gasteiger partial charge in [0.05, 0.1) is 6.42 Å². The quantitative estimate of drug-likeness (QED) is 0.603. The van der Waals surface area contributed by atoms with Gasteiger partial charge in [0.2, 0.25) is 10.0 Å². The van der Waals surface area contributed by atoms with E-state index in [1.165, 1.54) is 12.3 Å². The van der Waals surface area contributed by atoms with Gasteiger partial charge in [0.25, 0.3) is 0 Å². The minimum Gasteiger partial charge on any atom is -0.307 e. The third-order valence-corrected chi connectivity index (χ3v) is 4.66. The van der Waals surface area contributed by atoms with Crippen molar-refractivity contribution in [3.63, 3.8) is 0 Å². The molecule has 0 fully saturated rings. The van der Waals surface area contributed by atoms with E-state index in [0.717, 1.165) is 7.05 Å². The molecule has 0 spiro atoms. The highest BCUT2D eigenvalue weighted by molar-refractivity contribution is 9.10. The molecular weight excluding hydrogens is 365 g/mol. The summed E-state index contributed by atoms with van der Waals surface area (Å²) in [5.41, 5.74) is 2.10. The summed E-state index contributed by atoms with van der Waals surface area (Å²) in [4.78, 5) is 3.44. The van der Waals surface area contributed by atoms with Crippen molar-refractivity contribution in [1.29, 1.82) is 0 Å². The van der Waals surface area contributed by atoms with E-state index in [4.69, 9.17) is 5.84 Å². The van der Waals surface area contributed by atoms with Crippen LogP contribution in [0.5, 0.6) is 0 Å². The average Bonchev–Trinajstić information content (AvgIpc) is 2.34. The molecule has 3 N–H and O–H groups in total. The molecule has 0 bridgehead atoms. The molecule has 1 heterocycles. The van der Waals surface area contributed by atoms with Gasteiger partial charge in [0, 0.05) is 24.3 Å². The Morgan fingerprint density at radius 3 is 2.60 bits per heavy atom. The molecule has 1 aromatic rings. The molecule has 0 radical (unpaired) electrons. The predicted molar refractivity (Wildman–Crippen MR) is 70.2 cm³/mol. The number of pyridine rings is 1. The lowest BCUT2D eigenvalue weighted by Gasteiger charge is -2.19. The number of hydrogen-bond acceptors (Lipinski definition) is 5. The first-order valence-corrected chi connectivity index (χ1v) is 7.46. The van der Waals surface area contributed by atoms with Crippen LogP contribution in [0.3, 0.4) is 0 Å². The fraction of sp³-hybridized carbons (Fsp3) is 0.444. The van der Waals surface area contributed by atoms with E-state index in [1.807, 2.05) is 0 Å². The lowest BCUT2D eigenvalue weighted by Crippen LogP contribution is -2.31. The second kappa shape index (κ2) is 6.24. The summed E-state index contributed by atoms with van der Waals surface area (Å²) in [7, 11) is -3.07. The molecule has 0 saturated heterocycles. The van der Waals surface area contributed by atoms with E-state index >= 15 is 0 Å². The number of nitrogen functional groups attached to an aromatic ring is 1. The zero-order valence-corrected chi connectivity index (χ0v) is 12.7. The van der Waals surface area contributed by atoms with Crippen molar-refractivity contribution >= 4 is 31.8 Å². The van der Waals surface area contributed by atoms with Gasteiger partial charge in [-0.25, -0.2) is 23.5 Å². The van der Waals surface area contributed by atoms with Gasteiger partial charge in [-0.15, -0.1) is 0 Å². The van der Waals surface area contributed by atoms with Crippen molar-refractivity contribution in [2.24, 2.45) is 5.84 Å². The number of rotatable bonds is 5. The predicted octanol–water partition coefficient (Wildman–Crippen LogP) is 1.70. The highest BCUT2D eigenvalue weighted by Gasteiger charge is 2.31. The number of sulfonamides is 1. The van der Waals surface area contributed by atoms with Crippen LogP contribution in [0.15, 0.2) is 21.6 Å². The number of nitrogens with two attached hydrogens (primary N) is 1. The van der Waals surface area contributed by atoms with Gasteiger partial charge in [0.1, 0.15) is 4.90 Å². The lowest BCUT2D eigenvalue weighted by molar-refractivity contribution is -0.135. The van der Waals surface area contributed by atoms with Crippen LogP contribution >= 0.6 is 15.9 Å². The van der Waals surface area contributed by atoms with E-state index < -0.39 is 29.2 Å². The fourth-order valence-electron chi connectivity index (χ4n) is 1.30. The van der Waals surface area contributed by atoms with Gasteiger partial charge >= 0.3 is 6.18 Å². The van der Waals surface area contributed by atoms with Crippen molar-refractivity contribution in [2.45, 2.75) is 17.5 Å². The summed E-state index contributed by atoms with van der Waals surface area (Å²) in [6, 6.07) is 1.21. The molecule has 1 aromatic heterocycles. The minimum atomic E-state index is -4.44. The van der Waals surface area contributed by atoms with E-state index in [-0.39, 0.29) is 10.7 Å². The number of hydrogen-bond donors (Lipinski definition) is 2. The maximum absolute atomic E-state index is 12.2. The molecule has 6 nitrogen and oxygen atoms in total. The Morgan fingerprint density at radius 1 is 1.50 bits per heavy atom. The largest absolute Gasteiger partial charge is 0.390 e. The minimum absolute atomic E-state index is 0.146. The summed E-state index contributed by atoms with van der Waals surface area (Å²) in [6.07, 6.45) is -4.37. The highest BCUT2D eigenvalue weighted by atomic mass is 79.9. The van der Waals surface area contributed by atoms with Crippen molar-refractivity contribution < 1.29 is 21.6 Å². The Balaban J connectivity index is 3.07. The molecule has 11 heteroatoms. The molecule has 20 heavy (non-hydrogen) atoms. The summed E-state index contributed by atoms with van der Waals surface area (Å²) in [5.74, 6) is 5.00. The Bertz CT molecular complexity index is 579. The van der Waals surface area contributed by atoms with Crippen LogP contribution in [-0.2, 0) is 10.0 Å². The fourth-order valence-corrected chi connectivity index (χ4v) is 3.08.